The van der Waals surface area contributed by atoms with Crippen molar-refractivity contribution < 1.29 is 13.3 Å². The van der Waals surface area contributed by atoms with Gasteiger partial charge in [0.1, 0.15) is 11.6 Å². The van der Waals surface area contributed by atoms with Crippen molar-refractivity contribution >= 4 is 5.69 Å². The molecule has 2 N–H and O–H groups in total. The minimum atomic E-state index is -0.826. The number of halogens is 2. The molecular formula is C14H10F2N4O. The van der Waals surface area contributed by atoms with Gasteiger partial charge in [0.05, 0.1) is 11.3 Å². The number of nitrogens with zero attached hydrogens (tertiary/aromatic N) is 3. The Hall–Kier alpha value is -2.83. The first-order valence-corrected chi connectivity index (χ1v) is 6.10. The Morgan fingerprint density at radius 2 is 1.86 bits per heavy atom. The second-order valence-corrected chi connectivity index (χ2v) is 4.40. The SMILES string of the molecule is Nc1cc(-c2nc(Cc3ccncc3)no2)c(F)cc1F. The average Bonchev–Trinajstić information content (AvgIpc) is 2.92. The molecule has 0 aliphatic rings. The highest BCUT2D eigenvalue weighted by atomic mass is 19.1. The Morgan fingerprint density at radius 1 is 1.10 bits per heavy atom. The van der Waals surface area contributed by atoms with Gasteiger partial charge < -0.3 is 10.3 Å². The van der Waals surface area contributed by atoms with Crippen molar-refractivity contribution in [1.29, 1.82) is 0 Å². The lowest BCUT2D eigenvalue weighted by Crippen LogP contribution is -1.95. The van der Waals surface area contributed by atoms with Crippen LogP contribution < -0.4 is 5.73 Å². The molecule has 0 radical (unpaired) electrons. The predicted molar refractivity (Wildman–Crippen MR) is 71.1 cm³/mol. The Bertz CT molecular complexity index is 774. The van der Waals surface area contributed by atoms with E-state index in [1.54, 1.807) is 12.4 Å². The average molecular weight is 288 g/mol. The summed E-state index contributed by atoms with van der Waals surface area (Å²) < 4.78 is 31.9. The Morgan fingerprint density at radius 3 is 2.62 bits per heavy atom. The van der Waals surface area contributed by atoms with Crippen molar-refractivity contribution in [3.63, 3.8) is 0 Å². The summed E-state index contributed by atoms with van der Waals surface area (Å²) in [7, 11) is 0. The smallest absolute Gasteiger partial charge is 0.260 e. The molecule has 2 aromatic heterocycles. The van der Waals surface area contributed by atoms with Crippen molar-refractivity contribution in [2.75, 3.05) is 5.73 Å². The van der Waals surface area contributed by atoms with E-state index >= 15 is 0 Å². The molecule has 5 nitrogen and oxygen atoms in total. The molecule has 3 rings (SSSR count). The zero-order chi connectivity index (χ0) is 14.8. The Kier molecular flexibility index (Phi) is 3.31. The zero-order valence-corrected chi connectivity index (χ0v) is 10.8. The lowest BCUT2D eigenvalue weighted by molar-refractivity contribution is 0.421. The zero-order valence-electron chi connectivity index (χ0n) is 10.8. The summed E-state index contributed by atoms with van der Waals surface area (Å²) in [5.74, 6) is -1.28. The molecule has 0 atom stereocenters. The van der Waals surface area contributed by atoms with E-state index < -0.39 is 11.6 Å². The van der Waals surface area contributed by atoms with Gasteiger partial charge in [-0.2, -0.15) is 4.98 Å². The monoisotopic (exact) mass is 288 g/mol. The van der Waals surface area contributed by atoms with Crippen molar-refractivity contribution in [1.82, 2.24) is 15.1 Å². The van der Waals surface area contributed by atoms with Crippen LogP contribution in [-0.4, -0.2) is 15.1 Å². The molecule has 2 heterocycles. The minimum Gasteiger partial charge on any atom is -0.396 e. The topological polar surface area (TPSA) is 77.8 Å². The number of nitrogens with two attached hydrogens (primary N) is 1. The molecule has 0 saturated carbocycles. The first kappa shape index (κ1) is 13.2. The normalized spacial score (nSPS) is 10.8. The van der Waals surface area contributed by atoms with Crippen molar-refractivity contribution in [2.45, 2.75) is 6.42 Å². The summed E-state index contributed by atoms with van der Waals surface area (Å²) >= 11 is 0. The third-order valence-electron chi connectivity index (χ3n) is 2.90. The van der Waals surface area contributed by atoms with E-state index in [0.717, 1.165) is 11.6 Å². The second-order valence-electron chi connectivity index (χ2n) is 4.40. The summed E-state index contributed by atoms with van der Waals surface area (Å²) in [5, 5.41) is 3.77. The van der Waals surface area contributed by atoms with Crippen LogP contribution in [0.3, 0.4) is 0 Å². The number of hydrogen-bond acceptors (Lipinski definition) is 5. The number of benzene rings is 1. The van der Waals surface area contributed by atoms with Crippen LogP contribution in [0.2, 0.25) is 0 Å². The highest BCUT2D eigenvalue weighted by Crippen LogP contribution is 2.25. The molecular weight excluding hydrogens is 278 g/mol. The van der Waals surface area contributed by atoms with Crippen LogP contribution in [0.4, 0.5) is 14.5 Å². The standard InChI is InChI=1S/C14H10F2N4O/c15-10-7-11(16)12(17)6-9(10)14-19-13(20-21-14)5-8-1-3-18-4-2-8/h1-4,6-7H,5,17H2. The van der Waals surface area contributed by atoms with Gasteiger partial charge in [-0.05, 0) is 23.8 Å². The third-order valence-corrected chi connectivity index (χ3v) is 2.90. The molecule has 21 heavy (non-hydrogen) atoms. The molecule has 106 valence electrons. The summed E-state index contributed by atoms with van der Waals surface area (Å²) in [5.41, 5.74) is 6.15. The minimum absolute atomic E-state index is 0.0256. The van der Waals surface area contributed by atoms with E-state index in [9.17, 15) is 8.78 Å². The fraction of sp³-hybridized carbons (Fsp3) is 0.0714. The van der Waals surface area contributed by atoms with E-state index in [0.29, 0.717) is 18.3 Å². The first-order valence-electron chi connectivity index (χ1n) is 6.10. The molecule has 0 amide bonds. The number of aromatic nitrogens is 3. The van der Waals surface area contributed by atoms with Gasteiger partial charge in [0.15, 0.2) is 5.82 Å². The highest BCUT2D eigenvalue weighted by molar-refractivity contribution is 5.61. The molecule has 1 aromatic carbocycles. The van der Waals surface area contributed by atoms with E-state index in [2.05, 4.69) is 15.1 Å². The lowest BCUT2D eigenvalue weighted by Gasteiger charge is -2.00. The summed E-state index contributed by atoms with van der Waals surface area (Å²) in [6, 6.07) is 5.45. The van der Waals surface area contributed by atoms with Crippen LogP contribution in [-0.2, 0) is 6.42 Å². The first-order chi connectivity index (χ1) is 10.1. The Labute approximate surface area is 118 Å². The van der Waals surface area contributed by atoms with Crippen LogP contribution >= 0.6 is 0 Å². The maximum absolute atomic E-state index is 13.7. The molecule has 0 aliphatic carbocycles. The maximum Gasteiger partial charge on any atom is 0.260 e. The predicted octanol–water partition coefficient (Wildman–Crippen LogP) is 2.58. The lowest BCUT2D eigenvalue weighted by atomic mass is 10.1. The summed E-state index contributed by atoms with van der Waals surface area (Å²) in [6.45, 7) is 0. The fourth-order valence-corrected chi connectivity index (χ4v) is 1.85. The molecule has 7 heteroatoms. The molecule has 3 aromatic rings. The molecule has 0 aliphatic heterocycles. The number of rotatable bonds is 3. The number of pyridine rings is 1. The van der Waals surface area contributed by atoms with E-state index in [1.165, 1.54) is 0 Å². The molecule has 0 unspecified atom stereocenters. The van der Waals surface area contributed by atoms with E-state index in [-0.39, 0.29) is 17.1 Å². The number of anilines is 1. The van der Waals surface area contributed by atoms with Crippen molar-refractivity contribution in [3.05, 3.63) is 59.7 Å². The molecule has 0 saturated heterocycles. The van der Waals surface area contributed by atoms with Crippen LogP contribution in [0, 0.1) is 11.6 Å². The van der Waals surface area contributed by atoms with E-state index in [1.807, 2.05) is 12.1 Å². The van der Waals surface area contributed by atoms with E-state index in [4.69, 9.17) is 10.3 Å². The van der Waals surface area contributed by atoms with Gasteiger partial charge in [-0.1, -0.05) is 5.16 Å². The number of nitrogen functional groups attached to an aromatic ring is 1. The van der Waals surface area contributed by atoms with Gasteiger partial charge in [0.2, 0.25) is 0 Å². The summed E-state index contributed by atoms with van der Waals surface area (Å²) in [4.78, 5) is 8.00. The quantitative estimate of drug-likeness (QED) is 0.749. The van der Waals surface area contributed by atoms with Crippen LogP contribution in [0.25, 0.3) is 11.5 Å². The van der Waals surface area contributed by atoms with Gasteiger partial charge in [-0.3, -0.25) is 4.98 Å². The molecule has 0 fully saturated rings. The van der Waals surface area contributed by atoms with Crippen molar-refractivity contribution in [3.8, 4) is 11.5 Å². The third kappa shape index (κ3) is 2.71. The van der Waals surface area contributed by atoms with Gasteiger partial charge in [-0.15, -0.1) is 0 Å². The maximum atomic E-state index is 13.7. The largest absolute Gasteiger partial charge is 0.396 e. The van der Waals surface area contributed by atoms with Crippen LogP contribution in [0.1, 0.15) is 11.4 Å². The number of hydrogen-bond donors (Lipinski definition) is 1. The molecule has 0 bridgehead atoms. The highest BCUT2D eigenvalue weighted by Gasteiger charge is 2.16. The van der Waals surface area contributed by atoms with Gasteiger partial charge in [-0.25, -0.2) is 8.78 Å². The fourth-order valence-electron chi connectivity index (χ4n) is 1.85. The summed E-state index contributed by atoms with van der Waals surface area (Å²) in [6.07, 6.45) is 3.72. The van der Waals surface area contributed by atoms with Gasteiger partial charge in [0, 0.05) is 24.9 Å². The van der Waals surface area contributed by atoms with Gasteiger partial charge >= 0.3 is 0 Å². The van der Waals surface area contributed by atoms with Crippen molar-refractivity contribution in [2.24, 2.45) is 0 Å². The van der Waals surface area contributed by atoms with Gasteiger partial charge in [0.25, 0.3) is 5.89 Å². The Balaban J connectivity index is 1.90. The second kappa shape index (κ2) is 5.28. The van der Waals surface area contributed by atoms with Crippen LogP contribution in [0.5, 0.6) is 0 Å². The van der Waals surface area contributed by atoms with Crippen LogP contribution in [0.15, 0.2) is 41.2 Å². The molecule has 0 spiro atoms.